The van der Waals surface area contributed by atoms with Crippen LogP contribution in [0.1, 0.15) is 12.8 Å². The molecule has 3 heterocycles. The van der Waals surface area contributed by atoms with Crippen molar-refractivity contribution in [1.82, 2.24) is 9.97 Å². The van der Waals surface area contributed by atoms with Crippen LogP contribution in [0, 0.1) is 5.92 Å². The second-order valence-corrected chi connectivity index (χ2v) is 5.61. The third-order valence-corrected chi connectivity index (χ3v) is 3.76. The summed E-state index contributed by atoms with van der Waals surface area (Å²) in [5.41, 5.74) is 1.66. The van der Waals surface area contributed by atoms with E-state index in [0.29, 0.717) is 5.92 Å². The molecule has 0 atom stereocenters. The maximum Gasteiger partial charge on any atom is 0.148 e. The van der Waals surface area contributed by atoms with Crippen LogP contribution in [0.2, 0.25) is 0 Å². The van der Waals surface area contributed by atoms with E-state index in [9.17, 15) is 0 Å². The quantitative estimate of drug-likeness (QED) is 0.870. The van der Waals surface area contributed by atoms with Gasteiger partial charge in [-0.1, -0.05) is 0 Å². The fourth-order valence-electron chi connectivity index (χ4n) is 2.22. The highest BCUT2D eigenvalue weighted by molar-refractivity contribution is 9.10. The van der Waals surface area contributed by atoms with Crippen molar-refractivity contribution in [1.29, 1.82) is 0 Å². The van der Waals surface area contributed by atoms with E-state index >= 15 is 0 Å². The summed E-state index contributed by atoms with van der Waals surface area (Å²) < 4.78 is 12.2. The van der Waals surface area contributed by atoms with Crippen LogP contribution in [0.15, 0.2) is 29.0 Å². The molecule has 0 spiro atoms. The van der Waals surface area contributed by atoms with E-state index in [1.807, 2.05) is 12.1 Å². The Morgan fingerprint density at radius 2 is 2.16 bits per heavy atom. The number of aromatic nitrogens is 2. The Hall–Kier alpha value is -1.20. The van der Waals surface area contributed by atoms with Gasteiger partial charge in [0.25, 0.3) is 0 Å². The largest absolute Gasteiger partial charge is 0.491 e. The van der Waals surface area contributed by atoms with E-state index < -0.39 is 0 Å². The normalized spacial score (nSPS) is 16.7. The SMILES string of the molecule is Brc1cnc2c(OCC3CCOCC3)ccnc2c1. The van der Waals surface area contributed by atoms with Crippen molar-refractivity contribution in [2.75, 3.05) is 19.8 Å². The molecule has 0 bridgehead atoms. The summed E-state index contributed by atoms with van der Waals surface area (Å²) in [5.74, 6) is 1.39. The molecule has 1 aliphatic heterocycles. The summed E-state index contributed by atoms with van der Waals surface area (Å²) in [4.78, 5) is 8.69. The zero-order chi connectivity index (χ0) is 13.1. The Morgan fingerprint density at radius 3 is 3.00 bits per heavy atom. The molecule has 0 aliphatic carbocycles. The summed E-state index contributed by atoms with van der Waals surface area (Å²) in [6.45, 7) is 2.41. The van der Waals surface area contributed by atoms with Gasteiger partial charge in [0.05, 0.1) is 12.1 Å². The molecule has 2 aromatic rings. The van der Waals surface area contributed by atoms with Gasteiger partial charge in [-0.25, -0.2) is 4.98 Å². The minimum Gasteiger partial charge on any atom is -0.491 e. The Balaban J connectivity index is 1.76. The van der Waals surface area contributed by atoms with Crippen molar-refractivity contribution >= 4 is 27.0 Å². The first kappa shape index (κ1) is 12.8. The highest BCUT2D eigenvalue weighted by Crippen LogP contribution is 2.25. The molecule has 1 saturated heterocycles. The van der Waals surface area contributed by atoms with Crippen LogP contribution in [0.4, 0.5) is 0 Å². The van der Waals surface area contributed by atoms with Crippen molar-refractivity contribution in [3.05, 3.63) is 29.0 Å². The van der Waals surface area contributed by atoms with E-state index in [-0.39, 0.29) is 0 Å². The first-order valence-corrected chi connectivity index (χ1v) is 7.23. The average Bonchev–Trinajstić information content (AvgIpc) is 2.45. The predicted octanol–water partition coefficient (Wildman–Crippen LogP) is 3.20. The molecule has 4 nitrogen and oxygen atoms in total. The molecule has 3 rings (SSSR count). The van der Waals surface area contributed by atoms with Crippen LogP contribution in [0.25, 0.3) is 11.0 Å². The lowest BCUT2D eigenvalue weighted by atomic mass is 10.0. The van der Waals surface area contributed by atoms with E-state index in [4.69, 9.17) is 9.47 Å². The lowest BCUT2D eigenvalue weighted by molar-refractivity contribution is 0.0499. The summed E-state index contributed by atoms with van der Waals surface area (Å²) in [5, 5.41) is 0. The Bertz CT molecular complexity index is 570. The minimum atomic E-state index is 0.576. The summed E-state index contributed by atoms with van der Waals surface area (Å²) in [6, 6.07) is 3.83. The van der Waals surface area contributed by atoms with Crippen LogP contribution in [-0.2, 0) is 4.74 Å². The van der Waals surface area contributed by atoms with E-state index in [1.165, 1.54) is 0 Å². The smallest absolute Gasteiger partial charge is 0.148 e. The second-order valence-electron chi connectivity index (χ2n) is 4.70. The number of nitrogens with zero attached hydrogens (tertiary/aromatic N) is 2. The van der Waals surface area contributed by atoms with E-state index in [2.05, 4.69) is 25.9 Å². The molecule has 1 fully saturated rings. The van der Waals surface area contributed by atoms with Gasteiger partial charge >= 0.3 is 0 Å². The first-order chi connectivity index (χ1) is 9.33. The number of hydrogen-bond acceptors (Lipinski definition) is 4. The number of fused-ring (bicyclic) bond motifs is 1. The highest BCUT2D eigenvalue weighted by Gasteiger charge is 2.15. The van der Waals surface area contributed by atoms with Gasteiger partial charge in [-0.05, 0) is 40.8 Å². The number of ether oxygens (including phenoxy) is 2. The molecule has 0 aromatic carbocycles. The molecular formula is C14H15BrN2O2. The molecule has 100 valence electrons. The number of hydrogen-bond donors (Lipinski definition) is 0. The maximum atomic E-state index is 5.93. The Labute approximate surface area is 120 Å². The van der Waals surface area contributed by atoms with Crippen molar-refractivity contribution in [2.24, 2.45) is 5.92 Å². The standard InChI is InChI=1S/C14H15BrN2O2/c15-11-7-12-14(17-8-11)13(1-4-16-12)19-9-10-2-5-18-6-3-10/h1,4,7-8,10H,2-3,5-6,9H2. The molecular weight excluding hydrogens is 308 g/mol. The average molecular weight is 323 g/mol. The van der Waals surface area contributed by atoms with Gasteiger partial charge in [-0.15, -0.1) is 0 Å². The van der Waals surface area contributed by atoms with E-state index in [0.717, 1.165) is 53.9 Å². The third kappa shape index (κ3) is 3.04. The molecule has 19 heavy (non-hydrogen) atoms. The number of pyridine rings is 2. The third-order valence-electron chi connectivity index (χ3n) is 3.32. The maximum absolute atomic E-state index is 5.93. The van der Waals surface area contributed by atoms with E-state index in [1.54, 1.807) is 12.4 Å². The second kappa shape index (κ2) is 5.84. The van der Waals surface area contributed by atoms with Gasteiger partial charge in [0.1, 0.15) is 11.3 Å². The van der Waals surface area contributed by atoms with Gasteiger partial charge in [0.15, 0.2) is 0 Å². The minimum absolute atomic E-state index is 0.576. The molecule has 2 aromatic heterocycles. The summed E-state index contributed by atoms with van der Waals surface area (Å²) in [7, 11) is 0. The molecule has 0 saturated carbocycles. The van der Waals surface area contributed by atoms with Crippen LogP contribution < -0.4 is 4.74 Å². The van der Waals surface area contributed by atoms with Gasteiger partial charge in [0.2, 0.25) is 0 Å². The topological polar surface area (TPSA) is 44.2 Å². The first-order valence-electron chi connectivity index (χ1n) is 6.44. The molecule has 1 aliphatic rings. The lowest BCUT2D eigenvalue weighted by Crippen LogP contribution is -2.21. The van der Waals surface area contributed by atoms with Crippen molar-refractivity contribution in [2.45, 2.75) is 12.8 Å². The monoisotopic (exact) mass is 322 g/mol. The van der Waals surface area contributed by atoms with Gasteiger partial charge < -0.3 is 9.47 Å². The highest BCUT2D eigenvalue weighted by atomic mass is 79.9. The molecule has 0 unspecified atom stereocenters. The number of rotatable bonds is 3. The van der Waals surface area contributed by atoms with Crippen molar-refractivity contribution in [3.63, 3.8) is 0 Å². The van der Waals surface area contributed by atoms with Crippen LogP contribution in [0.3, 0.4) is 0 Å². The van der Waals surface area contributed by atoms with Crippen LogP contribution in [0.5, 0.6) is 5.75 Å². The van der Waals surface area contributed by atoms with Gasteiger partial charge in [-0.3, -0.25) is 4.98 Å². The molecule has 5 heteroatoms. The van der Waals surface area contributed by atoms with Crippen LogP contribution in [-0.4, -0.2) is 29.8 Å². The van der Waals surface area contributed by atoms with Gasteiger partial charge in [0, 0.05) is 36.1 Å². The molecule has 0 radical (unpaired) electrons. The molecule has 0 N–H and O–H groups in total. The Morgan fingerprint density at radius 1 is 1.32 bits per heavy atom. The fourth-order valence-corrected chi connectivity index (χ4v) is 2.54. The zero-order valence-electron chi connectivity index (χ0n) is 10.5. The predicted molar refractivity (Wildman–Crippen MR) is 76.3 cm³/mol. The van der Waals surface area contributed by atoms with Crippen molar-refractivity contribution < 1.29 is 9.47 Å². The lowest BCUT2D eigenvalue weighted by Gasteiger charge is -2.22. The fraction of sp³-hybridized carbons (Fsp3) is 0.429. The van der Waals surface area contributed by atoms with Crippen LogP contribution >= 0.6 is 15.9 Å². The zero-order valence-corrected chi connectivity index (χ0v) is 12.1. The van der Waals surface area contributed by atoms with Crippen molar-refractivity contribution in [3.8, 4) is 5.75 Å². The summed E-state index contributed by atoms with van der Waals surface area (Å²) >= 11 is 3.40. The van der Waals surface area contributed by atoms with Gasteiger partial charge in [-0.2, -0.15) is 0 Å². The molecule has 0 amide bonds. The Kier molecular flexibility index (Phi) is 3.94. The summed E-state index contributed by atoms with van der Waals surface area (Å²) in [6.07, 6.45) is 5.67. The number of halogens is 1.